The second kappa shape index (κ2) is 13.3. The fourth-order valence-electron chi connectivity index (χ4n) is 3.77. The Bertz CT molecular complexity index is 1030. The van der Waals surface area contributed by atoms with Crippen LogP contribution in [0.15, 0.2) is 84.9 Å². The van der Waals surface area contributed by atoms with Crippen molar-refractivity contribution in [1.82, 2.24) is 10.2 Å². The third-order valence-electron chi connectivity index (χ3n) is 5.61. The number of methoxy groups -OCH3 is 1. The van der Waals surface area contributed by atoms with Gasteiger partial charge in [-0.15, -0.1) is 0 Å². The highest BCUT2D eigenvalue weighted by Gasteiger charge is 2.30. The Balaban J connectivity index is 1.86. The molecule has 0 fully saturated rings. The molecular weight excluding hydrogens is 431 g/mol. The van der Waals surface area contributed by atoms with E-state index >= 15 is 0 Å². The van der Waals surface area contributed by atoms with E-state index in [1.165, 1.54) is 12.1 Å². The molecule has 0 aliphatic heterocycles. The van der Waals surface area contributed by atoms with Crippen LogP contribution in [0.4, 0.5) is 4.39 Å². The molecule has 3 aromatic carbocycles. The van der Waals surface area contributed by atoms with Crippen molar-refractivity contribution < 1.29 is 18.7 Å². The average Bonchev–Trinajstić information content (AvgIpc) is 2.87. The van der Waals surface area contributed by atoms with Gasteiger partial charge in [-0.1, -0.05) is 72.8 Å². The van der Waals surface area contributed by atoms with Gasteiger partial charge in [0.2, 0.25) is 11.8 Å². The predicted molar refractivity (Wildman–Crippen MR) is 131 cm³/mol. The standard InChI is InChI=1S/C28H31FN2O3/c1-34-19-18-30-28(33)26(20-23-10-6-3-7-11-23)31(21-24-12-15-25(29)16-13-24)27(32)17-14-22-8-4-2-5-9-22/h2-13,15-16,26H,14,17-21H2,1H3,(H,30,33)/t26-/m1/s1. The number of carbonyl (C=O) groups excluding carboxylic acids is 2. The van der Waals surface area contributed by atoms with Crippen molar-refractivity contribution in [1.29, 1.82) is 0 Å². The molecule has 3 aromatic rings. The van der Waals surface area contributed by atoms with Crippen molar-refractivity contribution in [2.24, 2.45) is 0 Å². The van der Waals surface area contributed by atoms with Crippen LogP contribution in [0.3, 0.4) is 0 Å². The minimum atomic E-state index is -0.715. The second-order valence-electron chi connectivity index (χ2n) is 8.12. The van der Waals surface area contributed by atoms with E-state index in [1.54, 1.807) is 24.1 Å². The van der Waals surface area contributed by atoms with Crippen LogP contribution in [0.1, 0.15) is 23.1 Å². The molecule has 1 atom stereocenters. The summed E-state index contributed by atoms with van der Waals surface area (Å²) in [6.45, 7) is 0.941. The Morgan fingerprint density at radius 1 is 0.882 bits per heavy atom. The fraction of sp³-hybridized carbons (Fsp3) is 0.286. The van der Waals surface area contributed by atoms with Gasteiger partial charge in [-0.2, -0.15) is 0 Å². The Hall–Kier alpha value is -3.51. The average molecular weight is 463 g/mol. The summed E-state index contributed by atoms with van der Waals surface area (Å²) in [5.41, 5.74) is 2.77. The molecule has 0 spiro atoms. The van der Waals surface area contributed by atoms with Crippen molar-refractivity contribution in [2.45, 2.75) is 31.8 Å². The van der Waals surface area contributed by atoms with Crippen molar-refractivity contribution >= 4 is 11.8 Å². The number of nitrogens with zero attached hydrogens (tertiary/aromatic N) is 1. The summed E-state index contributed by atoms with van der Waals surface area (Å²) in [5.74, 6) is -0.712. The van der Waals surface area contributed by atoms with Crippen molar-refractivity contribution in [2.75, 3.05) is 20.3 Å². The van der Waals surface area contributed by atoms with Crippen LogP contribution in [0, 0.1) is 5.82 Å². The highest BCUT2D eigenvalue weighted by atomic mass is 19.1. The predicted octanol–water partition coefficient (Wildman–Crippen LogP) is 4.16. The maximum atomic E-state index is 13.5. The molecule has 3 rings (SSSR count). The van der Waals surface area contributed by atoms with E-state index in [2.05, 4.69) is 5.32 Å². The van der Waals surface area contributed by atoms with Gasteiger partial charge < -0.3 is 15.0 Å². The molecule has 0 unspecified atom stereocenters. The van der Waals surface area contributed by atoms with Gasteiger partial charge in [0.25, 0.3) is 0 Å². The smallest absolute Gasteiger partial charge is 0.243 e. The normalized spacial score (nSPS) is 11.6. The lowest BCUT2D eigenvalue weighted by molar-refractivity contribution is -0.141. The minimum absolute atomic E-state index is 0.129. The van der Waals surface area contributed by atoms with Crippen molar-refractivity contribution in [3.8, 4) is 0 Å². The topological polar surface area (TPSA) is 58.6 Å². The molecule has 2 amide bonds. The first-order valence-electron chi connectivity index (χ1n) is 11.4. The zero-order chi connectivity index (χ0) is 24.2. The molecule has 0 heterocycles. The van der Waals surface area contributed by atoms with Crippen LogP contribution < -0.4 is 5.32 Å². The van der Waals surface area contributed by atoms with Crippen LogP contribution in [0.25, 0.3) is 0 Å². The highest BCUT2D eigenvalue weighted by Crippen LogP contribution is 2.17. The zero-order valence-corrected chi connectivity index (χ0v) is 19.5. The van der Waals surface area contributed by atoms with E-state index < -0.39 is 6.04 Å². The van der Waals surface area contributed by atoms with E-state index in [4.69, 9.17) is 4.74 Å². The summed E-state index contributed by atoms with van der Waals surface area (Å²) >= 11 is 0. The molecule has 0 radical (unpaired) electrons. The number of amides is 2. The zero-order valence-electron chi connectivity index (χ0n) is 19.5. The van der Waals surface area contributed by atoms with Gasteiger partial charge in [-0.3, -0.25) is 9.59 Å². The Kier molecular flexibility index (Phi) is 9.80. The maximum absolute atomic E-state index is 13.5. The third kappa shape index (κ3) is 7.81. The van der Waals surface area contributed by atoms with Gasteiger partial charge in [0.1, 0.15) is 11.9 Å². The Morgan fingerprint density at radius 2 is 1.50 bits per heavy atom. The molecule has 0 aromatic heterocycles. The molecule has 1 N–H and O–H groups in total. The SMILES string of the molecule is COCCNC(=O)[C@@H](Cc1ccccc1)N(Cc1ccc(F)cc1)C(=O)CCc1ccccc1. The minimum Gasteiger partial charge on any atom is -0.383 e. The number of nitrogens with one attached hydrogen (secondary N) is 1. The number of rotatable bonds is 12. The number of benzene rings is 3. The van der Waals surface area contributed by atoms with Crippen LogP contribution in [-0.4, -0.2) is 43.0 Å². The monoisotopic (exact) mass is 462 g/mol. The van der Waals surface area contributed by atoms with Gasteiger partial charge in [0, 0.05) is 33.0 Å². The molecule has 0 aliphatic carbocycles. The molecule has 5 nitrogen and oxygen atoms in total. The fourth-order valence-corrected chi connectivity index (χ4v) is 3.77. The molecule has 0 saturated carbocycles. The van der Waals surface area contributed by atoms with E-state index in [1.807, 2.05) is 60.7 Å². The van der Waals surface area contributed by atoms with Gasteiger partial charge in [-0.05, 0) is 35.2 Å². The molecule has 34 heavy (non-hydrogen) atoms. The summed E-state index contributed by atoms with van der Waals surface area (Å²) in [7, 11) is 1.57. The number of hydrogen-bond acceptors (Lipinski definition) is 3. The number of halogens is 1. The van der Waals surface area contributed by atoms with Crippen LogP contribution in [-0.2, 0) is 33.7 Å². The summed E-state index contributed by atoms with van der Waals surface area (Å²) in [6.07, 6.45) is 1.21. The lowest BCUT2D eigenvalue weighted by Crippen LogP contribution is -2.51. The molecule has 0 aliphatic rings. The largest absolute Gasteiger partial charge is 0.383 e. The first-order valence-corrected chi connectivity index (χ1v) is 11.4. The van der Waals surface area contributed by atoms with Gasteiger partial charge in [0.05, 0.1) is 6.61 Å². The summed E-state index contributed by atoms with van der Waals surface area (Å²) in [6, 6.07) is 24.7. The van der Waals surface area contributed by atoms with Gasteiger partial charge >= 0.3 is 0 Å². The van der Waals surface area contributed by atoms with Gasteiger partial charge in [0.15, 0.2) is 0 Å². The van der Waals surface area contributed by atoms with Crippen molar-refractivity contribution in [3.63, 3.8) is 0 Å². The number of aryl methyl sites for hydroxylation is 1. The summed E-state index contributed by atoms with van der Waals surface area (Å²) in [4.78, 5) is 28.4. The van der Waals surface area contributed by atoms with E-state index in [0.717, 1.165) is 16.7 Å². The molecule has 0 bridgehead atoms. The molecule has 0 saturated heterocycles. The quantitative estimate of drug-likeness (QED) is 0.411. The van der Waals surface area contributed by atoms with Crippen LogP contribution in [0.5, 0.6) is 0 Å². The van der Waals surface area contributed by atoms with Gasteiger partial charge in [-0.25, -0.2) is 4.39 Å². The molecule has 6 heteroatoms. The Labute approximate surface area is 200 Å². The third-order valence-corrected chi connectivity index (χ3v) is 5.61. The number of hydrogen-bond donors (Lipinski definition) is 1. The molecule has 178 valence electrons. The van der Waals surface area contributed by atoms with Crippen LogP contribution >= 0.6 is 0 Å². The lowest BCUT2D eigenvalue weighted by atomic mass is 10.0. The molecular formula is C28H31FN2O3. The lowest BCUT2D eigenvalue weighted by Gasteiger charge is -2.31. The number of ether oxygens (including phenoxy) is 1. The summed E-state index contributed by atoms with van der Waals surface area (Å²) in [5, 5.41) is 2.89. The maximum Gasteiger partial charge on any atom is 0.243 e. The Morgan fingerprint density at radius 3 is 2.12 bits per heavy atom. The first-order chi connectivity index (χ1) is 16.6. The van der Waals surface area contributed by atoms with Crippen LogP contribution in [0.2, 0.25) is 0 Å². The van der Waals surface area contributed by atoms with E-state index in [9.17, 15) is 14.0 Å². The van der Waals surface area contributed by atoms with E-state index in [-0.39, 0.29) is 30.6 Å². The number of carbonyl (C=O) groups is 2. The first kappa shape index (κ1) is 25.1. The highest BCUT2D eigenvalue weighted by molar-refractivity contribution is 5.88. The van der Waals surface area contributed by atoms with Crippen molar-refractivity contribution in [3.05, 3.63) is 107 Å². The van der Waals surface area contributed by atoms with E-state index in [0.29, 0.717) is 26.0 Å². The summed E-state index contributed by atoms with van der Waals surface area (Å²) < 4.78 is 18.5. The second-order valence-corrected chi connectivity index (χ2v) is 8.12.